The zero-order chi connectivity index (χ0) is 22.4. The molecule has 0 N–H and O–H groups in total. The summed E-state index contributed by atoms with van der Waals surface area (Å²) in [7, 11) is 0. The van der Waals surface area contributed by atoms with Gasteiger partial charge in [0.1, 0.15) is 24.3 Å². The van der Waals surface area contributed by atoms with Crippen LogP contribution in [0.1, 0.15) is 25.3 Å². The molecule has 10 heteroatoms. The van der Waals surface area contributed by atoms with Crippen LogP contribution >= 0.6 is 34.8 Å². The van der Waals surface area contributed by atoms with Crippen LogP contribution in [-0.4, -0.2) is 28.0 Å². The lowest BCUT2D eigenvalue weighted by Gasteiger charge is -2.15. The van der Waals surface area contributed by atoms with Gasteiger partial charge in [-0.05, 0) is 44.0 Å². The molecule has 0 bridgehead atoms. The largest absolute Gasteiger partial charge is 0.491 e. The Morgan fingerprint density at radius 1 is 1.03 bits per heavy atom. The highest BCUT2D eigenvalue weighted by molar-refractivity contribution is 6.40. The number of rotatable bonds is 9. The van der Waals surface area contributed by atoms with Crippen molar-refractivity contribution in [2.24, 2.45) is 0 Å². The van der Waals surface area contributed by atoms with Gasteiger partial charge in [-0.1, -0.05) is 34.8 Å². The van der Waals surface area contributed by atoms with Crippen LogP contribution in [0.25, 0.3) is 11.5 Å². The van der Waals surface area contributed by atoms with Gasteiger partial charge in [0, 0.05) is 11.1 Å². The molecule has 3 rings (SSSR count). The fourth-order valence-electron chi connectivity index (χ4n) is 2.76. The van der Waals surface area contributed by atoms with Gasteiger partial charge in [0.15, 0.2) is 11.5 Å². The molecule has 1 aromatic heterocycles. The predicted octanol–water partition coefficient (Wildman–Crippen LogP) is 6.74. The Morgan fingerprint density at radius 3 is 2.39 bits per heavy atom. The number of ether oxygens (including phenoxy) is 2. The molecule has 164 valence electrons. The van der Waals surface area contributed by atoms with Crippen LogP contribution in [-0.2, 0) is 4.74 Å². The topological polar surface area (TPSA) is 49.2 Å². The summed E-state index contributed by atoms with van der Waals surface area (Å²) in [5, 5.41) is 5.12. The van der Waals surface area contributed by atoms with Gasteiger partial charge in [0.25, 0.3) is 0 Å². The Morgan fingerprint density at radius 2 is 1.74 bits per heavy atom. The van der Waals surface area contributed by atoms with Gasteiger partial charge in [-0.15, -0.1) is 0 Å². The highest BCUT2D eigenvalue weighted by atomic mass is 35.5. The van der Waals surface area contributed by atoms with E-state index in [2.05, 4.69) is 10.1 Å². The number of nitrogens with zero attached hydrogens (tertiary/aromatic N) is 3. The van der Waals surface area contributed by atoms with Crippen LogP contribution in [0.15, 0.2) is 43.0 Å². The second-order valence-corrected chi connectivity index (χ2v) is 7.73. The molecule has 0 atom stereocenters. The van der Waals surface area contributed by atoms with Crippen molar-refractivity contribution in [3.05, 3.63) is 75.3 Å². The van der Waals surface area contributed by atoms with E-state index in [0.29, 0.717) is 46.0 Å². The summed E-state index contributed by atoms with van der Waals surface area (Å²) >= 11 is 18.1. The quantitative estimate of drug-likeness (QED) is 0.247. The van der Waals surface area contributed by atoms with Gasteiger partial charge < -0.3 is 9.47 Å². The Labute approximate surface area is 193 Å². The first kappa shape index (κ1) is 23.3. The van der Waals surface area contributed by atoms with Gasteiger partial charge in [-0.25, -0.2) is 18.4 Å². The van der Waals surface area contributed by atoms with Crippen molar-refractivity contribution in [3.8, 4) is 5.75 Å². The molecule has 0 saturated carbocycles. The van der Waals surface area contributed by atoms with Crippen molar-refractivity contribution in [2.45, 2.75) is 19.8 Å². The molecule has 0 amide bonds. The van der Waals surface area contributed by atoms with Gasteiger partial charge in [-0.2, -0.15) is 5.10 Å². The van der Waals surface area contributed by atoms with E-state index in [0.717, 1.165) is 6.07 Å². The summed E-state index contributed by atoms with van der Waals surface area (Å²) in [5.41, 5.74) is 0.643. The third kappa shape index (κ3) is 6.09. The fourth-order valence-corrected chi connectivity index (χ4v) is 3.68. The lowest BCUT2D eigenvalue weighted by molar-refractivity contribution is 0.243. The predicted molar refractivity (Wildman–Crippen MR) is 117 cm³/mol. The van der Waals surface area contributed by atoms with E-state index in [9.17, 15) is 8.78 Å². The fraction of sp³-hybridized carbons (Fsp3) is 0.238. The van der Waals surface area contributed by atoms with E-state index >= 15 is 0 Å². The first-order valence-electron chi connectivity index (χ1n) is 9.28. The molecule has 1 heterocycles. The number of benzene rings is 2. The SMILES string of the molecule is C/C(=C(/OCCCCOc1c(Cl)cc(Cl)cc1Cl)c1ccc(F)cc1F)n1cncn1. The zero-order valence-corrected chi connectivity index (χ0v) is 18.7. The van der Waals surface area contributed by atoms with Crippen molar-refractivity contribution < 1.29 is 18.3 Å². The molecule has 3 aromatic rings. The molecule has 0 saturated heterocycles. The Kier molecular flexibility index (Phi) is 8.12. The normalized spacial score (nSPS) is 11.9. The summed E-state index contributed by atoms with van der Waals surface area (Å²) < 4.78 is 40.6. The second-order valence-electron chi connectivity index (χ2n) is 6.48. The van der Waals surface area contributed by atoms with Crippen molar-refractivity contribution in [1.29, 1.82) is 0 Å². The van der Waals surface area contributed by atoms with Crippen LogP contribution in [0.5, 0.6) is 5.75 Å². The number of hydrogen-bond donors (Lipinski definition) is 0. The van der Waals surface area contributed by atoms with Gasteiger partial charge in [0.2, 0.25) is 0 Å². The average molecular weight is 489 g/mol. The van der Waals surface area contributed by atoms with E-state index < -0.39 is 11.6 Å². The number of hydrogen-bond acceptors (Lipinski definition) is 4. The molecule has 0 radical (unpaired) electrons. The van der Waals surface area contributed by atoms with Gasteiger partial charge in [0.05, 0.1) is 34.5 Å². The number of aromatic nitrogens is 3. The first-order valence-corrected chi connectivity index (χ1v) is 10.4. The van der Waals surface area contributed by atoms with E-state index in [1.807, 2.05) is 0 Å². The van der Waals surface area contributed by atoms with Crippen LogP contribution in [0.2, 0.25) is 15.1 Å². The molecule has 0 unspecified atom stereocenters. The van der Waals surface area contributed by atoms with Crippen LogP contribution < -0.4 is 4.74 Å². The maximum atomic E-state index is 14.4. The summed E-state index contributed by atoms with van der Waals surface area (Å²) in [6, 6.07) is 6.40. The van der Waals surface area contributed by atoms with Gasteiger partial charge >= 0.3 is 0 Å². The van der Waals surface area contributed by atoms with Crippen molar-refractivity contribution >= 4 is 46.3 Å². The van der Waals surface area contributed by atoms with E-state index in [-0.39, 0.29) is 17.9 Å². The molecule has 0 spiro atoms. The average Bonchev–Trinajstić information content (AvgIpc) is 3.24. The standard InChI is InChI=1S/C21H18Cl3F2N3O2/c1-13(29-12-27-11-28-29)20(16-5-4-15(25)10-19(16)26)30-6-2-3-7-31-21-17(23)8-14(22)9-18(21)24/h4-5,8-12H,2-3,6-7H2,1H3/b20-13-. The lowest BCUT2D eigenvalue weighted by atomic mass is 10.1. The zero-order valence-electron chi connectivity index (χ0n) is 16.4. The second kappa shape index (κ2) is 10.8. The highest BCUT2D eigenvalue weighted by Gasteiger charge is 2.16. The van der Waals surface area contributed by atoms with Crippen LogP contribution in [0.4, 0.5) is 8.78 Å². The van der Waals surface area contributed by atoms with Crippen molar-refractivity contribution in [1.82, 2.24) is 14.8 Å². The first-order chi connectivity index (χ1) is 14.9. The minimum atomic E-state index is -0.732. The third-order valence-electron chi connectivity index (χ3n) is 4.26. The van der Waals surface area contributed by atoms with E-state index in [4.69, 9.17) is 44.3 Å². The molecule has 5 nitrogen and oxygen atoms in total. The van der Waals surface area contributed by atoms with Crippen LogP contribution in [0, 0.1) is 11.6 Å². The molecule has 0 aliphatic heterocycles. The molecular weight excluding hydrogens is 471 g/mol. The summed E-state index contributed by atoms with van der Waals surface area (Å²) in [6.07, 6.45) is 4.04. The summed E-state index contributed by atoms with van der Waals surface area (Å²) in [4.78, 5) is 3.89. The molecule has 0 aliphatic rings. The maximum Gasteiger partial charge on any atom is 0.156 e. The number of allylic oxidation sites excluding steroid dienone is 1. The monoisotopic (exact) mass is 487 g/mol. The summed E-state index contributed by atoms with van der Waals surface area (Å²) in [6.45, 7) is 2.32. The Bertz CT molecular complexity index is 1050. The number of halogens is 5. The Hall–Kier alpha value is -2.35. The van der Waals surface area contributed by atoms with Crippen LogP contribution in [0.3, 0.4) is 0 Å². The smallest absolute Gasteiger partial charge is 0.156 e. The molecule has 0 fully saturated rings. The third-order valence-corrected chi connectivity index (χ3v) is 5.04. The summed E-state index contributed by atoms with van der Waals surface area (Å²) in [5.74, 6) is -0.794. The van der Waals surface area contributed by atoms with Gasteiger partial charge in [-0.3, -0.25) is 0 Å². The minimum absolute atomic E-state index is 0.130. The molecular formula is C21H18Cl3F2N3O2. The van der Waals surface area contributed by atoms with Crippen molar-refractivity contribution in [3.63, 3.8) is 0 Å². The lowest BCUT2D eigenvalue weighted by Crippen LogP contribution is -2.06. The molecule has 31 heavy (non-hydrogen) atoms. The Balaban J connectivity index is 1.62. The molecule has 2 aromatic carbocycles. The van der Waals surface area contributed by atoms with E-state index in [1.165, 1.54) is 29.5 Å². The molecule has 0 aliphatic carbocycles. The number of unbranched alkanes of at least 4 members (excludes halogenated alkanes) is 1. The van der Waals surface area contributed by atoms with E-state index in [1.54, 1.807) is 19.1 Å². The maximum absolute atomic E-state index is 14.4. The highest BCUT2D eigenvalue weighted by Crippen LogP contribution is 2.36. The van der Waals surface area contributed by atoms with Crippen molar-refractivity contribution in [2.75, 3.05) is 13.2 Å². The minimum Gasteiger partial charge on any atom is -0.491 e.